The first-order chi connectivity index (χ1) is 16.8. The monoisotopic (exact) mass is 535 g/mol. The molecule has 1 aliphatic heterocycles. The lowest BCUT2D eigenvalue weighted by molar-refractivity contribution is -0.117. The third-order valence-electron chi connectivity index (χ3n) is 6.01. The van der Waals surface area contributed by atoms with Gasteiger partial charge in [0.15, 0.2) is 9.84 Å². The first-order valence-electron chi connectivity index (χ1n) is 10.4. The summed E-state index contributed by atoms with van der Waals surface area (Å²) in [7, 11) is -3.20. The smallest absolute Gasteiger partial charge is 0.346 e. The van der Waals surface area contributed by atoms with E-state index in [1.807, 2.05) is 0 Å². The summed E-state index contributed by atoms with van der Waals surface area (Å²) in [5.41, 5.74) is -0.968. The number of amides is 2. The van der Waals surface area contributed by atoms with Gasteiger partial charge in [-0.25, -0.2) is 26.9 Å². The van der Waals surface area contributed by atoms with Gasteiger partial charge in [-0.3, -0.25) is 9.59 Å². The zero-order chi connectivity index (χ0) is 26.6. The average molecular weight is 536 g/mol. The molecule has 12 heteroatoms. The Morgan fingerprint density at radius 3 is 2.47 bits per heavy atom. The molecule has 0 bridgehead atoms. The van der Waals surface area contributed by atoms with Gasteiger partial charge in [0.1, 0.15) is 27.0 Å². The van der Waals surface area contributed by atoms with Crippen LogP contribution >= 0.6 is 11.3 Å². The minimum Gasteiger partial charge on any atom is -0.496 e. The molecular weight excluding hydrogens is 516 g/mol. The molecule has 0 unspecified atom stereocenters. The van der Waals surface area contributed by atoms with Crippen LogP contribution in [-0.2, 0) is 25.8 Å². The van der Waals surface area contributed by atoms with Crippen LogP contribution in [0.3, 0.4) is 0 Å². The third kappa shape index (κ3) is 3.77. The molecule has 2 heterocycles. The van der Waals surface area contributed by atoms with Crippen LogP contribution < -0.4 is 9.64 Å². The van der Waals surface area contributed by atoms with E-state index in [1.165, 1.54) is 38.5 Å². The number of sulfone groups is 1. The summed E-state index contributed by atoms with van der Waals surface area (Å²) in [6, 6.07) is 6.37. The van der Waals surface area contributed by atoms with Gasteiger partial charge in [-0.1, -0.05) is 6.07 Å². The van der Waals surface area contributed by atoms with Crippen molar-refractivity contribution >= 4 is 44.6 Å². The quantitative estimate of drug-likeness (QED) is 0.372. The fourth-order valence-corrected chi connectivity index (χ4v) is 6.61. The maximum atomic E-state index is 14.9. The number of fused-ring (bicyclic) bond motifs is 1. The summed E-state index contributed by atoms with van der Waals surface area (Å²) in [6.45, 7) is 2.50. The van der Waals surface area contributed by atoms with Gasteiger partial charge in [-0.05, 0) is 55.1 Å². The van der Waals surface area contributed by atoms with Gasteiger partial charge in [-0.15, -0.1) is 11.3 Å². The van der Waals surface area contributed by atoms with Gasteiger partial charge in [0.25, 0.3) is 5.91 Å². The second-order valence-electron chi connectivity index (χ2n) is 8.43. The molecule has 8 nitrogen and oxygen atoms in total. The molecule has 2 aromatic carbocycles. The van der Waals surface area contributed by atoms with Gasteiger partial charge in [-0.2, -0.15) is 0 Å². The van der Waals surface area contributed by atoms with Crippen molar-refractivity contribution in [3.8, 4) is 5.75 Å². The number of hydrogen-bond donors (Lipinski definition) is 1. The van der Waals surface area contributed by atoms with E-state index < -0.39 is 54.6 Å². The van der Waals surface area contributed by atoms with Crippen LogP contribution in [0.15, 0.2) is 46.7 Å². The number of hydrogen-bond acceptors (Lipinski definition) is 7. The lowest BCUT2D eigenvalue weighted by atomic mass is 10.0. The zero-order valence-corrected chi connectivity index (χ0v) is 20.8. The van der Waals surface area contributed by atoms with E-state index in [0.717, 1.165) is 35.6 Å². The van der Waals surface area contributed by atoms with Crippen molar-refractivity contribution in [3.63, 3.8) is 0 Å². The molecule has 0 saturated carbocycles. The molecule has 188 valence electrons. The second kappa shape index (κ2) is 8.79. The van der Waals surface area contributed by atoms with Crippen molar-refractivity contribution in [2.45, 2.75) is 29.9 Å². The molecule has 1 N–H and O–H groups in total. The van der Waals surface area contributed by atoms with Crippen molar-refractivity contribution in [1.29, 1.82) is 0 Å². The van der Waals surface area contributed by atoms with Crippen molar-refractivity contribution in [3.05, 3.63) is 75.0 Å². The minimum absolute atomic E-state index is 0.0153. The normalized spacial score (nSPS) is 14.1. The Morgan fingerprint density at radius 1 is 1.14 bits per heavy atom. The van der Waals surface area contributed by atoms with Crippen molar-refractivity contribution in [2.24, 2.45) is 0 Å². The number of carbonyl (C=O) groups excluding carboxylic acids is 2. The number of imide groups is 1. The number of carboxylic acids is 1. The lowest BCUT2D eigenvalue weighted by Gasteiger charge is -2.29. The lowest BCUT2D eigenvalue weighted by Crippen LogP contribution is -2.43. The summed E-state index contributed by atoms with van der Waals surface area (Å²) >= 11 is 0.758. The van der Waals surface area contributed by atoms with Crippen LogP contribution in [-0.4, -0.2) is 38.4 Å². The standard InChI is InChI=1S/C24H19F2NO7S2/c1-24(2,20-15(26)5-4-6-17(20)34-3)36(32,33)13-7-8-14(25)16(10-13)27-18(28)9-12-11-35-21(23(30)31)19(12)22(27)29/h4-8,10-11H,9H2,1-3H3,(H,30,31). The summed E-state index contributed by atoms with van der Waals surface area (Å²) in [5, 5.41) is 10.8. The number of nitrogens with zero attached hydrogens (tertiary/aromatic N) is 1. The SMILES string of the molecule is COc1cccc(F)c1C(C)(C)S(=O)(=O)c1ccc(F)c(N2C(=O)Cc3csc(C(=O)O)c3C2=O)c1. The summed E-state index contributed by atoms with van der Waals surface area (Å²) < 4.78 is 60.3. The number of methoxy groups -OCH3 is 1. The molecule has 0 spiro atoms. The fraction of sp³-hybridized carbons (Fsp3) is 0.208. The van der Waals surface area contributed by atoms with Crippen molar-refractivity contribution < 1.29 is 41.4 Å². The second-order valence-corrected chi connectivity index (χ2v) is 11.8. The van der Waals surface area contributed by atoms with E-state index >= 15 is 0 Å². The number of thiophene rings is 1. The van der Waals surface area contributed by atoms with E-state index in [4.69, 9.17) is 4.74 Å². The summed E-state index contributed by atoms with van der Waals surface area (Å²) in [5.74, 6) is -5.25. The number of carbonyl (C=O) groups is 3. The first-order valence-corrected chi connectivity index (χ1v) is 12.8. The molecule has 2 amide bonds. The van der Waals surface area contributed by atoms with Crippen LogP contribution in [0.1, 0.15) is 45.0 Å². The highest BCUT2D eigenvalue weighted by molar-refractivity contribution is 7.92. The van der Waals surface area contributed by atoms with E-state index in [9.17, 15) is 36.7 Å². The number of aromatic carboxylic acids is 1. The molecule has 0 saturated heterocycles. The van der Waals surface area contributed by atoms with Crippen LogP contribution in [0, 0.1) is 11.6 Å². The Labute approximate surface area is 208 Å². The van der Waals surface area contributed by atoms with Gasteiger partial charge >= 0.3 is 5.97 Å². The highest BCUT2D eigenvalue weighted by Crippen LogP contribution is 2.42. The largest absolute Gasteiger partial charge is 0.496 e. The van der Waals surface area contributed by atoms with Gasteiger partial charge in [0, 0.05) is 0 Å². The van der Waals surface area contributed by atoms with Crippen molar-refractivity contribution in [1.82, 2.24) is 0 Å². The molecule has 1 aliphatic rings. The summed E-state index contributed by atoms with van der Waals surface area (Å²) in [4.78, 5) is 37.1. The number of benzene rings is 2. The maximum Gasteiger partial charge on any atom is 0.346 e. The zero-order valence-electron chi connectivity index (χ0n) is 19.2. The molecule has 0 radical (unpaired) electrons. The van der Waals surface area contributed by atoms with Gasteiger partial charge in [0.2, 0.25) is 5.91 Å². The van der Waals surface area contributed by atoms with E-state index in [1.54, 1.807) is 0 Å². The van der Waals surface area contributed by atoms with Crippen molar-refractivity contribution in [2.75, 3.05) is 12.0 Å². The van der Waals surface area contributed by atoms with Crippen LogP contribution in [0.5, 0.6) is 5.75 Å². The number of rotatable bonds is 6. The maximum absolute atomic E-state index is 14.9. The van der Waals surface area contributed by atoms with Gasteiger partial charge < -0.3 is 9.84 Å². The molecular formula is C24H19F2NO7S2. The van der Waals surface area contributed by atoms with E-state index in [2.05, 4.69) is 0 Å². The van der Waals surface area contributed by atoms with Crippen LogP contribution in [0.25, 0.3) is 0 Å². The van der Waals surface area contributed by atoms with E-state index in [-0.39, 0.29) is 33.7 Å². The topological polar surface area (TPSA) is 118 Å². The Bertz CT molecular complexity index is 1540. The Kier molecular flexibility index (Phi) is 6.21. The molecule has 1 aromatic heterocycles. The Morgan fingerprint density at radius 2 is 1.83 bits per heavy atom. The number of halogens is 2. The van der Waals surface area contributed by atoms with Crippen LogP contribution in [0.4, 0.5) is 14.5 Å². The average Bonchev–Trinajstić information content (AvgIpc) is 3.24. The summed E-state index contributed by atoms with van der Waals surface area (Å²) in [6.07, 6.45) is -0.376. The number of carboxylic acid groups (broad SMARTS) is 1. The van der Waals surface area contributed by atoms with Crippen LogP contribution in [0.2, 0.25) is 0 Å². The molecule has 0 aliphatic carbocycles. The number of anilines is 1. The Hall–Kier alpha value is -3.64. The first kappa shape index (κ1) is 25.5. The molecule has 3 aromatic rings. The highest BCUT2D eigenvalue weighted by atomic mass is 32.2. The molecule has 36 heavy (non-hydrogen) atoms. The minimum atomic E-state index is -4.46. The molecule has 4 rings (SSSR count). The third-order valence-corrected chi connectivity index (χ3v) is 9.45. The number of ether oxygens (including phenoxy) is 1. The predicted molar refractivity (Wildman–Crippen MR) is 126 cm³/mol. The van der Waals surface area contributed by atoms with E-state index in [0.29, 0.717) is 4.90 Å². The predicted octanol–water partition coefficient (Wildman–Crippen LogP) is 4.17. The highest BCUT2D eigenvalue weighted by Gasteiger charge is 2.43. The van der Waals surface area contributed by atoms with Gasteiger partial charge in [0.05, 0.1) is 35.2 Å². The fourth-order valence-electron chi connectivity index (χ4n) is 4.15. The Balaban J connectivity index is 1.85. The molecule has 0 atom stereocenters. The molecule has 0 fully saturated rings.